The van der Waals surface area contributed by atoms with Gasteiger partial charge in [-0.2, -0.15) is 0 Å². The van der Waals surface area contributed by atoms with Crippen LogP contribution < -0.4 is 0 Å². The molecule has 136 valence electrons. The van der Waals surface area contributed by atoms with Gasteiger partial charge in [-0.15, -0.1) is 0 Å². The van der Waals surface area contributed by atoms with E-state index in [1.165, 1.54) is 4.90 Å². The van der Waals surface area contributed by atoms with E-state index in [-0.39, 0.29) is 11.8 Å². The van der Waals surface area contributed by atoms with Crippen molar-refractivity contribution in [1.29, 1.82) is 0 Å². The third-order valence-electron chi connectivity index (χ3n) is 5.18. The summed E-state index contributed by atoms with van der Waals surface area (Å²) in [5, 5.41) is 9.17. The van der Waals surface area contributed by atoms with Gasteiger partial charge in [-0.05, 0) is 24.3 Å². The number of benzene rings is 1. The van der Waals surface area contributed by atoms with Gasteiger partial charge in [-0.25, -0.2) is 4.79 Å². The van der Waals surface area contributed by atoms with Crippen LogP contribution in [0.25, 0.3) is 0 Å². The number of nitrogens with zero attached hydrogens (tertiary/aromatic N) is 2. The molecule has 0 aromatic heterocycles. The Hall–Kier alpha value is -2.08. The number of piperidine rings is 1. The molecule has 1 aromatic carbocycles. The van der Waals surface area contributed by atoms with Gasteiger partial charge in [-0.1, -0.05) is 44.2 Å². The molecule has 1 atom stereocenters. The third kappa shape index (κ3) is 3.79. The van der Waals surface area contributed by atoms with Gasteiger partial charge in [0.15, 0.2) is 0 Å². The number of morpholine rings is 1. The molecule has 6 nitrogen and oxygen atoms in total. The van der Waals surface area contributed by atoms with E-state index in [9.17, 15) is 14.7 Å². The standard InChI is InChI=1S/C19H26N2O4/c1-14(2)16-17(22)21(12-15-6-4-3-5-7-15)13-19(25-16)8-10-20(11-9-19)18(23)24/h3-7,14,16H,8-13H2,1-2H3,(H,23,24). The van der Waals surface area contributed by atoms with Crippen molar-refractivity contribution >= 4 is 12.0 Å². The molecule has 2 aliphatic rings. The first-order valence-corrected chi connectivity index (χ1v) is 8.89. The largest absolute Gasteiger partial charge is 0.465 e. The number of likely N-dealkylation sites (tertiary alicyclic amines) is 1. The van der Waals surface area contributed by atoms with Crippen LogP contribution in [0.4, 0.5) is 4.79 Å². The molecule has 2 amide bonds. The van der Waals surface area contributed by atoms with Gasteiger partial charge in [0, 0.05) is 19.6 Å². The van der Waals surface area contributed by atoms with Gasteiger partial charge in [-0.3, -0.25) is 4.79 Å². The summed E-state index contributed by atoms with van der Waals surface area (Å²) in [6.45, 7) is 5.98. The summed E-state index contributed by atoms with van der Waals surface area (Å²) in [7, 11) is 0. The van der Waals surface area contributed by atoms with Crippen molar-refractivity contribution in [3.05, 3.63) is 35.9 Å². The molecule has 2 heterocycles. The number of hydrogen-bond acceptors (Lipinski definition) is 3. The Kier molecular flexibility index (Phi) is 4.99. The van der Waals surface area contributed by atoms with Gasteiger partial charge < -0.3 is 19.6 Å². The molecule has 1 aromatic rings. The summed E-state index contributed by atoms with van der Waals surface area (Å²) in [5.41, 5.74) is 0.655. The van der Waals surface area contributed by atoms with E-state index in [1.54, 1.807) is 0 Å². The second-order valence-corrected chi connectivity index (χ2v) is 7.42. The van der Waals surface area contributed by atoms with Gasteiger partial charge in [0.05, 0.1) is 12.1 Å². The first-order valence-electron chi connectivity index (χ1n) is 8.89. The van der Waals surface area contributed by atoms with Crippen molar-refractivity contribution in [2.24, 2.45) is 5.92 Å². The normalized spacial score (nSPS) is 23.3. The topological polar surface area (TPSA) is 70.1 Å². The van der Waals surface area contributed by atoms with Crippen LogP contribution >= 0.6 is 0 Å². The molecule has 0 radical (unpaired) electrons. The van der Waals surface area contributed by atoms with Gasteiger partial charge >= 0.3 is 6.09 Å². The number of amides is 2. The minimum Gasteiger partial charge on any atom is -0.465 e. The Balaban J connectivity index is 1.78. The van der Waals surface area contributed by atoms with Crippen LogP contribution in [0, 0.1) is 5.92 Å². The van der Waals surface area contributed by atoms with Gasteiger partial charge in [0.25, 0.3) is 5.91 Å². The summed E-state index contributed by atoms with van der Waals surface area (Å²) in [6.07, 6.45) is -0.0977. The lowest BCUT2D eigenvalue weighted by Crippen LogP contribution is -2.62. The predicted octanol–water partition coefficient (Wildman–Crippen LogP) is 2.58. The first-order chi connectivity index (χ1) is 11.9. The highest BCUT2D eigenvalue weighted by Crippen LogP contribution is 2.35. The highest BCUT2D eigenvalue weighted by atomic mass is 16.5. The highest BCUT2D eigenvalue weighted by molar-refractivity contribution is 5.82. The minimum atomic E-state index is -0.886. The van der Waals surface area contributed by atoms with Crippen molar-refractivity contribution in [3.8, 4) is 0 Å². The van der Waals surface area contributed by atoms with Crippen LogP contribution in [0.1, 0.15) is 32.3 Å². The van der Waals surface area contributed by atoms with E-state index in [0.717, 1.165) is 5.56 Å². The second-order valence-electron chi connectivity index (χ2n) is 7.42. The lowest BCUT2D eigenvalue weighted by molar-refractivity contribution is -0.199. The SMILES string of the molecule is CC(C)C1OC2(CCN(C(=O)O)CC2)CN(Cc2ccccc2)C1=O. The van der Waals surface area contributed by atoms with Crippen molar-refractivity contribution in [1.82, 2.24) is 9.80 Å². The van der Waals surface area contributed by atoms with E-state index in [4.69, 9.17) is 4.74 Å². The Morgan fingerprint density at radius 1 is 1.28 bits per heavy atom. The van der Waals surface area contributed by atoms with E-state index >= 15 is 0 Å². The number of ether oxygens (including phenoxy) is 1. The summed E-state index contributed by atoms with van der Waals surface area (Å²) in [5.74, 6) is 0.116. The van der Waals surface area contributed by atoms with E-state index in [2.05, 4.69) is 0 Å². The fourth-order valence-corrected chi connectivity index (χ4v) is 3.70. The van der Waals surface area contributed by atoms with E-state index in [1.807, 2.05) is 49.1 Å². The summed E-state index contributed by atoms with van der Waals surface area (Å²) >= 11 is 0. The molecule has 3 rings (SSSR count). The Bertz CT molecular complexity index is 624. The molecule has 1 unspecified atom stereocenters. The van der Waals surface area contributed by atoms with Crippen LogP contribution in [0.5, 0.6) is 0 Å². The Morgan fingerprint density at radius 2 is 1.92 bits per heavy atom. The molecule has 0 aliphatic carbocycles. The number of carbonyl (C=O) groups is 2. The lowest BCUT2D eigenvalue weighted by Gasteiger charge is -2.50. The van der Waals surface area contributed by atoms with Crippen molar-refractivity contribution < 1.29 is 19.4 Å². The molecule has 0 bridgehead atoms. The zero-order valence-corrected chi connectivity index (χ0v) is 14.9. The number of hydrogen-bond donors (Lipinski definition) is 1. The number of rotatable bonds is 3. The fraction of sp³-hybridized carbons (Fsp3) is 0.579. The average Bonchev–Trinajstić information content (AvgIpc) is 2.59. The molecular formula is C19H26N2O4. The van der Waals surface area contributed by atoms with Gasteiger partial charge in [0.2, 0.25) is 0 Å². The second kappa shape index (κ2) is 7.04. The summed E-state index contributed by atoms with van der Waals surface area (Å²) in [6, 6.07) is 9.95. The van der Waals surface area contributed by atoms with Crippen LogP contribution in [0.2, 0.25) is 0 Å². The first kappa shape index (κ1) is 17.7. The maximum Gasteiger partial charge on any atom is 0.407 e. The molecule has 1 spiro atoms. The molecule has 1 N–H and O–H groups in total. The zero-order valence-electron chi connectivity index (χ0n) is 14.9. The lowest BCUT2D eigenvalue weighted by atomic mass is 9.87. The molecular weight excluding hydrogens is 320 g/mol. The molecule has 0 saturated carbocycles. The van der Waals surface area contributed by atoms with Crippen molar-refractivity contribution in [3.63, 3.8) is 0 Å². The average molecular weight is 346 g/mol. The maximum absolute atomic E-state index is 12.9. The molecule has 2 aliphatic heterocycles. The van der Waals surface area contributed by atoms with Crippen molar-refractivity contribution in [2.45, 2.75) is 44.9 Å². The summed E-state index contributed by atoms with van der Waals surface area (Å²) in [4.78, 5) is 27.4. The zero-order chi connectivity index (χ0) is 18.0. The van der Waals surface area contributed by atoms with Crippen LogP contribution in [-0.4, -0.2) is 58.2 Å². The van der Waals surface area contributed by atoms with Crippen molar-refractivity contribution in [2.75, 3.05) is 19.6 Å². The fourth-order valence-electron chi connectivity index (χ4n) is 3.70. The quantitative estimate of drug-likeness (QED) is 0.913. The van der Waals surface area contributed by atoms with Gasteiger partial charge in [0.1, 0.15) is 6.10 Å². The predicted molar refractivity (Wildman–Crippen MR) is 93.1 cm³/mol. The molecule has 2 saturated heterocycles. The monoisotopic (exact) mass is 346 g/mol. The summed E-state index contributed by atoms with van der Waals surface area (Å²) < 4.78 is 6.27. The molecule has 2 fully saturated rings. The molecule has 6 heteroatoms. The highest BCUT2D eigenvalue weighted by Gasteiger charge is 2.47. The van der Waals surface area contributed by atoms with E-state index in [0.29, 0.717) is 39.0 Å². The van der Waals surface area contributed by atoms with Crippen LogP contribution in [0.15, 0.2) is 30.3 Å². The Labute approximate surface area is 148 Å². The maximum atomic E-state index is 12.9. The smallest absolute Gasteiger partial charge is 0.407 e. The van der Waals surface area contributed by atoms with Crippen LogP contribution in [0.3, 0.4) is 0 Å². The van der Waals surface area contributed by atoms with E-state index < -0.39 is 17.8 Å². The van der Waals surface area contributed by atoms with Crippen LogP contribution in [-0.2, 0) is 16.1 Å². The third-order valence-corrected chi connectivity index (χ3v) is 5.18. The minimum absolute atomic E-state index is 0.0325. The number of carbonyl (C=O) groups excluding carboxylic acids is 1. The molecule has 25 heavy (non-hydrogen) atoms. The Morgan fingerprint density at radius 3 is 2.48 bits per heavy atom. The number of carboxylic acid groups (broad SMARTS) is 1.